The smallest absolute Gasteiger partial charge is 0.289 e. The minimum absolute atomic E-state index is 0.101. The summed E-state index contributed by atoms with van der Waals surface area (Å²) < 4.78 is 6.78. The Morgan fingerprint density at radius 2 is 1.85 bits per heavy atom. The van der Waals surface area contributed by atoms with Gasteiger partial charge in [0, 0.05) is 13.1 Å². The van der Waals surface area contributed by atoms with Crippen molar-refractivity contribution in [1.82, 2.24) is 14.7 Å². The van der Waals surface area contributed by atoms with Crippen LogP contribution in [0.25, 0.3) is 5.69 Å². The first-order valence-electron chi connectivity index (χ1n) is 8.57. The Kier molecular flexibility index (Phi) is 5.12. The predicted octanol–water partition coefficient (Wildman–Crippen LogP) is 3.10. The normalized spacial score (nSPS) is 10.7. The van der Waals surface area contributed by atoms with Crippen LogP contribution in [0.4, 0.5) is 5.82 Å². The van der Waals surface area contributed by atoms with Crippen LogP contribution in [0.1, 0.15) is 27.4 Å². The van der Waals surface area contributed by atoms with E-state index in [1.807, 2.05) is 32.9 Å². The van der Waals surface area contributed by atoms with Gasteiger partial charge in [-0.15, -0.1) is 0 Å². The van der Waals surface area contributed by atoms with Crippen LogP contribution in [0.3, 0.4) is 0 Å². The summed E-state index contributed by atoms with van der Waals surface area (Å²) in [5, 5.41) is 7.31. The number of likely N-dealkylation sites (N-methyl/N-ethyl adjacent to an activating group) is 1. The van der Waals surface area contributed by atoms with E-state index in [1.165, 1.54) is 11.2 Å². The highest BCUT2D eigenvalue weighted by Gasteiger charge is 2.18. The fourth-order valence-corrected chi connectivity index (χ4v) is 2.92. The van der Waals surface area contributed by atoms with E-state index in [2.05, 4.69) is 16.5 Å². The lowest BCUT2D eigenvalue weighted by Gasteiger charge is -2.16. The molecule has 0 atom stereocenters. The number of hydrogen-bond donors (Lipinski definition) is 1. The van der Waals surface area contributed by atoms with Gasteiger partial charge in [0.2, 0.25) is 5.91 Å². The van der Waals surface area contributed by atoms with Crippen molar-refractivity contribution in [2.75, 3.05) is 18.9 Å². The maximum absolute atomic E-state index is 12.4. The number of carbonyl (C=O) groups is 2. The summed E-state index contributed by atoms with van der Waals surface area (Å²) in [5.74, 6) is 0.0832. The summed E-state index contributed by atoms with van der Waals surface area (Å²) in [4.78, 5) is 25.9. The molecular weight excluding hydrogens is 344 g/mol. The number of aromatic nitrogens is 2. The monoisotopic (exact) mass is 366 g/mol. The second kappa shape index (κ2) is 7.49. The van der Waals surface area contributed by atoms with Gasteiger partial charge in [0.15, 0.2) is 5.76 Å². The molecule has 0 aliphatic heterocycles. The molecule has 0 fully saturated rings. The van der Waals surface area contributed by atoms with Gasteiger partial charge in [0.05, 0.1) is 17.6 Å². The molecule has 3 rings (SSSR count). The van der Waals surface area contributed by atoms with Gasteiger partial charge in [-0.3, -0.25) is 9.59 Å². The Bertz CT molecular complexity index is 953. The lowest BCUT2D eigenvalue weighted by atomic mass is 10.1. The third-order valence-corrected chi connectivity index (χ3v) is 4.01. The summed E-state index contributed by atoms with van der Waals surface area (Å²) in [5.41, 5.74) is 3.87. The molecule has 0 spiro atoms. The minimum atomic E-state index is -0.353. The van der Waals surface area contributed by atoms with Gasteiger partial charge in [0.1, 0.15) is 12.4 Å². The molecule has 0 aliphatic carbocycles. The van der Waals surface area contributed by atoms with Crippen LogP contribution in [0.2, 0.25) is 0 Å². The molecule has 7 nitrogen and oxygen atoms in total. The van der Waals surface area contributed by atoms with Gasteiger partial charge in [0.25, 0.3) is 5.91 Å². The van der Waals surface area contributed by atoms with Gasteiger partial charge in [-0.2, -0.15) is 5.10 Å². The second-order valence-corrected chi connectivity index (χ2v) is 6.62. The zero-order chi connectivity index (χ0) is 19.6. The molecule has 0 saturated carbocycles. The fourth-order valence-electron chi connectivity index (χ4n) is 2.92. The second-order valence-electron chi connectivity index (χ2n) is 6.62. The van der Waals surface area contributed by atoms with Gasteiger partial charge < -0.3 is 14.6 Å². The first-order chi connectivity index (χ1) is 12.8. The highest BCUT2D eigenvalue weighted by atomic mass is 16.3. The van der Waals surface area contributed by atoms with E-state index in [0.717, 1.165) is 22.5 Å². The number of anilines is 1. The zero-order valence-electron chi connectivity index (χ0n) is 15.8. The van der Waals surface area contributed by atoms with E-state index in [9.17, 15) is 9.59 Å². The van der Waals surface area contributed by atoms with Crippen LogP contribution in [0.5, 0.6) is 0 Å². The number of rotatable bonds is 5. The van der Waals surface area contributed by atoms with E-state index < -0.39 is 0 Å². The van der Waals surface area contributed by atoms with Gasteiger partial charge in [-0.1, -0.05) is 6.07 Å². The number of hydrogen-bond acceptors (Lipinski definition) is 4. The quantitative estimate of drug-likeness (QED) is 0.752. The first kappa shape index (κ1) is 18.4. The highest BCUT2D eigenvalue weighted by Crippen LogP contribution is 2.20. The predicted molar refractivity (Wildman–Crippen MR) is 102 cm³/mol. The van der Waals surface area contributed by atoms with E-state index >= 15 is 0 Å². The van der Waals surface area contributed by atoms with Gasteiger partial charge >= 0.3 is 0 Å². The standard InChI is InChI=1S/C20H22N4O3/c1-13-8-14(2)10-16(9-13)24-18(11-15(3)22-24)21-19(25)12-23(4)20(26)17-6-5-7-27-17/h5-11H,12H2,1-4H3,(H,21,25). The van der Waals surface area contributed by atoms with Crippen molar-refractivity contribution in [2.24, 2.45) is 0 Å². The lowest BCUT2D eigenvalue weighted by Crippen LogP contribution is -2.35. The molecule has 1 aromatic carbocycles. The molecule has 0 bridgehead atoms. The molecular formula is C20H22N4O3. The van der Waals surface area contributed by atoms with Crippen molar-refractivity contribution in [1.29, 1.82) is 0 Å². The topological polar surface area (TPSA) is 80.4 Å². The van der Waals surface area contributed by atoms with E-state index in [0.29, 0.717) is 5.82 Å². The SMILES string of the molecule is Cc1cc(C)cc(-n2nc(C)cc2NC(=O)CN(C)C(=O)c2ccco2)c1. The van der Waals surface area contributed by atoms with Crippen molar-refractivity contribution in [3.8, 4) is 5.69 Å². The molecule has 3 aromatic rings. The average molecular weight is 366 g/mol. The third-order valence-electron chi connectivity index (χ3n) is 4.01. The molecule has 0 aliphatic rings. The first-order valence-corrected chi connectivity index (χ1v) is 8.57. The molecule has 0 saturated heterocycles. The van der Waals surface area contributed by atoms with Gasteiger partial charge in [-0.05, 0) is 56.2 Å². The van der Waals surface area contributed by atoms with E-state index in [4.69, 9.17) is 4.42 Å². The molecule has 27 heavy (non-hydrogen) atoms. The maximum atomic E-state index is 12.4. The highest BCUT2D eigenvalue weighted by molar-refractivity contribution is 5.97. The summed E-state index contributed by atoms with van der Waals surface area (Å²) >= 11 is 0. The number of furan rings is 1. The van der Waals surface area contributed by atoms with Crippen LogP contribution < -0.4 is 5.32 Å². The number of benzene rings is 1. The third kappa shape index (κ3) is 4.25. The molecule has 1 N–H and O–H groups in total. The van der Waals surface area contributed by atoms with Crippen LogP contribution in [0.15, 0.2) is 47.1 Å². The van der Waals surface area contributed by atoms with Crippen molar-refractivity contribution < 1.29 is 14.0 Å². The van der Waals surface area contributed by atoms with E-state index in [1.54, 1.807) is 29.9 Å². The minimum Gasteiger partial charge on any atom is -0.459 e. The Morgan fingerprint density at radius 3 is 2.48 bits per heavy atom. The van der Waals surface area contributed by atoms with Crippen molar-refractivity contribution in [3.05, 3.63) is 65.2 Å². The molecule has 140 valence electrons. The number of nitrogens with zero attached hydrogens (tertiary/aromatic N) is 3. The average Bonchev–Trinajstić information content (AvgIpc) is 3.23. The van der Waals surface area contributed by atoms with Crippen LogP contribution in [0, 0.1) is 20.8 Å². The largest absolute Gasteiger partial charge is 0.459 e. The van der Waals surface area contributed by atoms with Crippen molar-refractivity contribution >= 4 is 17.6 Å². The Balaban J connectivity index is 1.76. The Hall–Kier alpha value is -3.35. The number of carbonyl (C=O) groups excluding carboxylic acids is 2. The fraction of sp³-hybridized carbons (Fsp3) is 0.250. The van der Waals surface area contributed by atoms with Crippen molar-refractivity contribution in [2.45, 2.75) is 20.8 Å². The van der Waals surface area contributed by atoms with Crippen LogP contribution in [-0.4, -0.2) is 40.1 Å². The Labute approximate surface area is 157 Å². The summed E-state index contributed by atoms with van der Waals surface area (Å²) in [6, 6.07) is 11.1. The summed E-state index contributed by atoms with van der Waals surface area (Å²) in [6.07, 6.45) is 1.42. The van der Waals surface area contributed by atoms with Crippen molar-refractivity contribution in [3.63, 3.8) is 0 Å². The maximum Gasteiger partial charge on any atom is 0.289 e. The van der Waals surface area contributed by atoms with Crippen LogP contribution >= 0.6 is 0 Å². The summed E-state index contributed by atoms with van der Waals surface area (Å²) in [6.45, 7) is 5.79. The molecule has 2 aromatic heterocycles. The molecule has 2 amide bonds. The molecule has 2 heterocycles. The Morgan fingerprint density at radius 1 is 1.15 bits per heavy atom. The lowest BCUT2D eigenvalue weighted by molar-refractivity contribution is -0.116. The zero-order valence-corrected chi connectivity index (χ0v) is 15.8. The van der Waals surface area contributed by atoms with E-state index in [-0.39, 0.29) is 24.1 Å². The number of aryl methyl sites for hydroxylation is 3. The molecule has 7 heteroatoms. The van der Waals surface area contributed by atoms with Gasteiger partial charge in [-0.25, -0.2) is 4.68 Å². The number of nitrogens with one attached hydrogen (secondary N) is 1. The number of amides is 2. The van der Waals surface area contributed by atoms with Crippen LogP contribution in [-0.2, 0) is 4.79 Å². The molecule has 0 radical (unpaired) electrons. The molecule has 0 unspecified atom stereocenters. The summed E-state index contributed by atoms with van der Waals surface area (Å²) in [7, 11) is 1.55.